The van der Waals surface area contributed by atoms with Crippen LogP contribution in [0.25, 0.3) is 22.6 Å². The molecule has 2 N–H and O–H groups in total. The Morgan fingerprint density at radius 2 is 1.58 bits per heavy atom. The maximum absolute atomic E-state index is 11.7. The van der Waals surface area contributed by atoms with E-state index in [9.17, 15) is 9.59 Å². The van der Waals surface area contributed by atoms with Crippen LogP contribution >= 0.6 is 11.8 Å². The summed E-state index contributed by atoms with van der Waals surface area (Å²) in [5, 5.41) is 0.390. The zero-order chi connectivity index (χ0) is 18.4. The Bertz CT molecular complexity index is 838. The SMILES string of the molecule is CC(=O)NNC(=O)CSc1nc(-c2ccccc2)c(-c2ccccc2)o1. The van der Waals surface area contributed by atoms with Crippen LogP contribution in [-0.4, -0.2) is 22.6 Å². The van der Waals surface area contributed by atoms with Crippen molar-refractivity contribution >= 4 is 23.6 Å². The number of aromatic nitrogens is 1. The first-order valence-corrected chi connectivity index (χ1v) is 8.92. The van der Waals surface area contributed by atoms with Crippen molar-refractivity contribution in [3.63, 3.8) is 0 Å². The lowest BCUT2D eigenvalue weighted by Gasteiger charge is -2.02. The Morgan fingerprint density at radius 1 is 0.962 bits per heavy atom. The molecule has 0 aliphatic rings. The lowest BCUT2D eigenvalue weighted by Crippen LogP contribution is -2.41. The lowest BCUT2D eigenvalue weighted by atomic mass is 10.1. The number of nitrogens with one attached hydrogen (secondary N) is 2. The average molecular weight is 367 g/mol. The number of carbonyl (C=O) groups is 2. The summed E-state index contributed by atoms with van der Waals surface area (Å²) in [6, 6.07) is 19.4. The van der Waals surface area contributed by atoms with Crippen molar-refractivity contribution in [2.75, 3.05) is 5.75 Å². The zero-order valence-electron chi connectivity index (χ0n) is 14.1. The number of hydrogen-bond donors (Lipinski definition) is 2. The molecule has 1 aromatic heterocycles. The Morgan fingerprint density at radius 3 is 2.19 bits per heavy atom. The van der Waals surface area contributed by atoms with E-state index in [0.717, 1.165) is 28.6 Å². The number of carbonyl (C=O) groups excluding carboxylic acids is 2. The molecule has 2 aromatic carbocycles. The average Bonchev–Trinajstić information content (AvgIpc) is 3.10. The van der Waals surface area contributed by atoms with Crippen molar-refractivity contribution in [3.8, 4) is 22.6 Å². The van der Waals surface area contributed by atoms with Crippen molar-refractivity contribution in [1.29, 1.82) is 0 Å². The minimum Gasteiger partial charge on any atom is -0.431 e. The molecule has 0 fully saturated rings. The highest BCUT2D eigenvalue weighted by Crippen LogP contribution is 2.35. The van der Waals surface area contributed by atoms with Gasteiger partial charge in [0.05, 0.1) is 5.75 Å². The molecule has 7 heteroatoms. The maximum Gasteiger partial charge on any atom is 0.257 e. The van der Waals surface area contributed by atoms with Gasteiger partial charge in [0.15, 0.2) is 5.76 Å². The number of nitrogens with zero attached hydrogens (tertiary/aromatic N) is 1. The standard InChI is InChI=1S/C19H17N3O3S/c1-13(23)21-22-16(24)12-26-19-20-17(14-8-4-2-5-9-14)18(25-19)15-10-6-3-7-11-15/h2-11H,12H2,1H3,(H,21,23)(H,22,24). The largest absolute Gasteiger partial charge is 0.431 e. The van der Waals surface area contributed by atoms with Gasteiger partial charge >= 0.3 is 0 Å². The van der Waals surface area contributed by atoms with Crippen LogP contribution in [0.5, 0.6) is 0 Å². The Kier molecular flexibility index (Phi) is 5.70. The molecule has 0 atom stereocenters. The van der Waals surface area contributed by atoms with Gasteiger partial charge in [0.2, 0.25) is 11.8 Å². The van der Waals surface area contributed by atoms with Crippen molar-refractivity contribution in [2.45, 2.75) is 12.1 Å². The van der Waals surface area contributed by atoms with Crippen molar-refractivity contribution in [1.82, 2.24) is 15.8 Å². The molecule has 0 saturated carbocycles. The summed E-state index contributed by atoms with van der Waals surface area (Å²) in [6.45, 7) is 1.32. The number of hydrazine groups is 1. The van der Waals surface area contributed by atoms with E-state index < -0.39 is 0 Å². The zero-order valence-corrected chi connectivity index (χ0v) is 14.9. The molecular formula is C19H17N3O3S. The van der Waals surface area contributed by atoms with Crippen molar-refractivity contribution in [3.05, 3.63) is 60.7 Å². The van der Waals surface area contributed by atoms with Crippen LogP contribution in [0.1, 0.15) is 6.92 Å². The first kappa shape index (κ1) is 17.8. The molecule has 1 heterocycles. The van der Waals surface area contributed by atoms with E-state index >= 15 is 0 Å². The van der Waals surface area contributed by atoms with E-state index in [1.54, 1.807) is 0 Å². The van der Waals surface area contributed by atoms with Crippen LogP contribution in [0.3, 0.4) is 0 Å². The number of benzene rings is 2. The molecule has 0 aliphatic carbocycles. The molecule has 0 bridgehead atoms. The summed E-state index contributed by atoms with van der Waals surface area (Å²) in [4.78, 5) is 27.1. The summed E-state index contributed by atoms with van der Waals surface area (Å²) in [5.74, 6) is 0.0492. The number of oxazole rings is 1. The first-order chi connectivity index (χ1) is 12.6. The number of rotatable bonds is 5. The third kappa shape index (κ3) is 4.52. The molecule has 132 valence electrons. The molecule has 0 saturated heterocycles. The predicted octanol–water partition coefficient (Wildman–Crippen LogP) is 3.27. The van der Waals surface area contributed by atoms with Crippen molar-refractivity contribution < 1.29 is 14.0 Å². The highest BCUT2D eigenvalue weighted by molar-refractivity contribution is 7.99. The van der Waals surface area contributed by atoms with E-state index in [4.69, 9.17) is 4.42 Å². The molecule has 3 aromatic rings. The topological polar surface area (TPSA) is 84.2 Å². The van der Waals surface area contributed by atoms with E-state index in [1.807, 2.05) is 60.7 Å². The summed E-state index contributed by atoms with van der Waals surface area (Å²) in [5.41, 5.74) is 7.12. The van der Waals surface area contributed by atoms with E-state index in [-0.39, 0.29) is 17.6 Å². The van der Waals surface area contributed by atoms with E-state index in [0.29, 0.717) is 11.0 Å². The Hall–Kier alpha value is -3.06. The van der Waals surface area contributed by atoms with Gasteiger partial charge in [-0.15, -0.1) is 0 Å². The summed E-state index contributed by atoms with van der Waals surface area (Å²) in [6.07, 6.45) is 0. The lowest BCUT2D eigenvalue weighted by molar-refractivity contribution is -0.126. The van der Waals surface area contributed by atoms with Gasteiger partial charge in [-0.1, -0.05) is 72.4 Å². The van der Waals surface area contributed by atoms with Gasteiger partial charge in [0.1, 0.15) is 5.69 Å². The fraction of sp³-hybridized carbons (Fsp3) is 0.105. The molecule has 6 nitrogen and oxygen atoms in total. The van der Waals surface area contributed by atoms with Gasteiger partial charge < -0.3 is 4.42 Å². The van der Waals surface area contributed by atoms with Crippen LogP contribution < -0.4 is 10.9 Å². The normalized spacial score (nSPS) is 10.3. The summed E-state index contributed by atoms with van der Waals surface area (Å²) < 4.78 is 5.92. The fourth-order valence-electron chi connectivity index (χ4n) is 2.26. The molecule has 3 rings (SSSR count). The highest BCUT2D eigenvalue weighted by atomic mass is 32.2. The van der Waals surface area contributed by atoms with Crippen molar-refractivity contribution in [2.24, 2.45) is 0 Å². The molecule has 0 radical (unpaired) electrons. The molecule has 0 aliphatic heterocycles. The quantitative estimate of drug-likeness (QED) is 0.534. The van der Waals surface area contributed by atoms with Crippen LogP contribution in [0.2, 0.25) is 0 Å². The Labute approximate surface area is 155 Å². The molecular weight excluding hydrogens is 350 g/mol. The van der Waals surface area contributed by atoms with E-state index in [2.05, 4.69) is 15.8 Å². The summed E-state index contributed by atoms with van der Waals surface area (Å²) >= 11 is 1.16. The van der Waals surface area contributed by atoms with Gasteiger partial charge in [-0.25, -0.2) is 4.98 Å². The number of thioether (sulfide) groups is 1. The third-order valence-electron chi connectivity index (χ3n) is 3.40. The number of amides is 2. The third-order valence-corrected chi connectivity index (χ3v) is 4.22. The van der Waals surface area contributed by atoms with Gasteiger partial charge in [-0.3, -0.25) is 20.4 Å². The van der Waals surface area contributed by atoms with Crippen LogP contribution in [0, 0.1) is 0 Å². The van der Waals surface area contributed by atoms with E-state index in [1.165, 1.54) is 6.92 Å². The smallest absolute Gasteiger partial charge is 0.257 e. The second kappa shape index (κ2) is 8.35. The van der Waals surface area contributed by atoms with Gasteiger partial charge in [0.25, 0.3) is 5.22 Å². The fourth-order valence-corrected chi connectivity index (χ4v) is 2.89. The van der Waals surface area contributed by atoms with Gasteiger partial charge in [0, 0.05) is 18.1 Å². The second-order valence-electron chi connectivity index (χ2n) is 5.41. The minimum atomic E-state index is -0.342. The molecule has 0 unspecified atom stereocenters. The molecule has 2 amide bonds. The summed E-state index contributed by atoms with van der Waals surface area (Å²) in [7, 11) is 0. The predicted molar refractivity (Wildman–Crippen MR) is 100 cm³/mol. The van der Waals surface area contributed by atoms with Crippen LogP contribution in [-0.2, 0) is 9.59 Å². The van der Waals surface area contributed by atoms with Gasteiger partial charge in [-0.2, -0.15) is 0 Å². The first-order valence-electron chi connectivity index (χ1n) is 7.93. The highest BCUT2D eigenvalue weighted by Gasteiger charge is 2.17. The Balaban J connectivity index is 1.83. The van der Waals surface area contributed by atoms with Crippen LogP contribution in [0.4, 0.5) is 0 Å². The van der Waals surface area contributed by atoms with Gasteiger partial charge in [-0.05, 0) is 0 Å². The molecule has 26 heavy (non-hydrogen) atoms. The minimum absolute atomic E-state index is 0.0727. The molecule has 0 spiro atoms. The van der Waals surface area contributed by atoms with Crippen LogP contribution in [0.15, 0.2) is 70.3 Å². The number of hydrogen-bond acceptors (Lipinski definition) is 5. The second-order valence-corrected chi connectivity index (χ2v) is 6.33. The maximum atomic E-state index is 11.7. The monoisotopic (exact) mass is 367 g/mol.